The van der Waals surface area contributed by atoms with Gasteiger partial charge in [0, 0.05) is 4.47 Å². The number of halogens is 1. The fourth-order valence-electron chi connectivity index (χ4n) is 1.85. The van der Waals surface area contributed by atoms with Crippen molar-refractivity contribution in [3.8, 4) is 0 Å². The molecule has 90 valence electrons. The van der Waals surface area contributed by atoms with Crippen molar-refractivity contribution in [3.63, 3.8) is 0 Å². The molecular weight excluding hydrogens is 264 g/mol. The molecule has 0 aliphatic rings. The molecule has 1 aromatic rings. The highest BCUT2D eigenvalue weighted by atomic mass is 79.9. The van der Waals surface area contributed by atoms with E-state index in [9.17, 15) is 5.11 Å². The number of benzene rings is 1. The molecule has 1 N–H and O–H groups in total. The molecule has 1 rings (SSSR count). The maximum atomic E-state index is 10.4. The van der Waals surface area contributed by atoms with Gasteiger partial charge in [0.2, 0.25) is 0 Å². The molecule has 1 unspecified atom stereocenters. The largest absolute Gasteiger partial charge is 0.385 e. The number of hydrogen-bond acceptors (Lipinski definition) is 1. The second-order valence-corrected chi connectivity index (χ2v) is 5.51. The van der Waals surface area contributed by atoms with E-state index in [2.05, 4.69) is 22.9 Å². The van der Waals surface area contributed by atoms with Gasteiger partial charge < -0.3 is 5.11 Å². The van der Waals surface area contributed by atoms with Crippen LogP contribution < -0.4 is 0 Å². The Labute approximate surface area is 107 Å². The molecule has 0 aromatic heterocycles. The molecule has 0 saturated carbocycles. The van der Waals surface area contributed by atoms with Crippen molar-refractivity contribution in [2.45, 2.75) is 51.6 Å². The van der Waals surface area contributed by atoms with Crippen LogP contribution in [-0.2, 0) is 5.60 Å². The molecule has 0 amide bonds. The SMILES string of the molecule is CCCCCCC(C)(O)c1ccc(Br)cc1. The minimum Gasteiger partial charge on any atom is -0.385 e. The van der Waals surface area contributed by atoms with Crippen LogP contribution in [0, 0.1) is 0 Å². The van der Waals surface area contributed by atoms with Gasteiger partial charge in [0.15, 0.2) is 0 Å². The van der Waals surface area contributed by atoms with Gasteiger partial charge in [-0.3, -0.25) is 0 Å². The molecule has 2 heteroatoms. The van der Waals surface area contributed by atoms with Gasteiger partial charge in [-0.2, -0.15) is 0 Å². The number of rotatable bonds is 6. The van der Waals surface area contributed by atoms with E-state index in [4.69, 9.17) is 0 Å². The Bertz CT molecular complexity index is 303. The van der Waals surface area contributed by atoms with Crippen LogP contribution in [0.5, 0.6) is 0 Å². The summed E-state index contributed by atoms with van der Waals surface area (Å²) in [4.78, 5) is 0. The van der Waals surface area contributed by atoms with Crippen molar-refractivity contribution in [1.29, 1.82) is 0 Å². The molecular formula is C14H21BrO. The predicted octanol–water partition coefficient (Wildman–Crippen LogP) is 4.63. The van der Waals surface area contributed by atoms with E-state index in [0.29, 0.717) is 0 Å². The lowest BCUT2D eigenvalue weighted by Gasteiger charge is -2.24. The Balaban J connectivity index is 2.52. The van der Waals surface area contributed by atoms with Crippen LogP contribution in [0.25, 0.3) is 0 Å². The summed E-state index contributed by atoms with van der Waals surface area (Å²) < 4.78 is 1.05. The molecule has 0 spiro atoms. The van der Waals surface area contributed by atoms with E-state index >= 15 is 0 Å². The first-order valence-corrected chi connectivity index (χ1v) is 6.84. The molecule has 0 radical (unpaired) electrons. The highest BCUT2D eigenvalue weighted by molar-refractivity contribution is 9.10. The Morgan fingerprint density at radius 2 is 1.75 bits per heavy atom. The molecule has 16 heavy (non-hydrogen) atoms. The zero-order valence-corrected chi connectivity index (χ0v) is 11.8. The molecule has 0 aliphatic carbocycles. The normalized spacial score (nSPS) is 14.8. The molecule has 0 saturated heterocycles. The monoisotopic (exact) mass is 284 g/mol. The minimum absolute atomic E-state index is 0.686. The van der Waals surface area contributed by atoms with Crippen LogP contribution in [0.4, 0.5) is 0 Å². The van der Waals surface area contributed by atoms with Crippen molar-refractivity contribution >= 4 is 15.9 Å². The van der Waals surface area contributed by atoms with Crippen LogP contribution in [-0.4, -0.2) is 5.11 Å². The molecule has 1 atom stereocenters. The Kier molecular flexibility index (Phi) is 5.50. The van der Waals surface area contributed by atoms with Crippen molar-refractivity contribution in [2.24, 2.45) is 0 Å². The molecule has 0 heterocycles. The summed E-state index contributed by atoms with van der Waals surface area (Å²) in [6.45, 7) is 4.11. The van der Waals surface area contributed by atoms with Crippen molar-refractivity contribution < 1.29 is 5.11 Å². The number of aliphatic hydroxyl groups is 1. The highest BCUT2D eigenvalue weighted by Crippen LogP contribution is 2.27. The van der Waals surface area contributed by atoms with Gasteiger partial charge in [0.25, 0.3) is 0 Å². The van der Waals surface area contributed by atoms with Crippen LogP contribution in [0.2, 0.25) is 0 Å². The lowest BCUT2D eigenvalue weighted by Crippen LogP contribution is -2.20. The average Bonchev–Trinajstić information content (AvgIpc) is 2.25. The second-order valence-electron chi connectivity index (χ2n) is 4.59. The summed E-state index contributed by atoms with van der Waals surface area (Å²) >= 11 is 3.40. The smallest absolute Gasteiger partial charge is 0.0868 e. The molecule has 1 aromatic carbocycles. The maximum Gasteiger partial charge on any atom is 0.0868 e. The summed E-state index contributed by atoms with van der Waals surface area (Å²) in [5, 5.41) is 10.4. The van der Waals surface area contributed by atoms with E-state index in [1.807, 2.05) is 31.2 Å². The zero-order valence-electron chi connectivity index (χ0n) is 10.2. The fraction of sp³-hybridized carbons (Fsp3) is 0.571. The third kappa shape index (κ3) is 4.26. The van der Waals surface area contributed by atoms with Gasteiger partial charge >= 0.3 is 0 Å². The summed E-state index contributed by atoms with van der Waals surface area (Å²) in [5.74, 6) is 0. The third-order valence-corrected chi connectivity index (χ3v) is 3.51. The molecule has 1 nitrogen and oxygen atoms in total. The van der Waals surface area contributed by atoms with Crippen LogP contribution in [0.1, 0.15) is 51.5 Å². The highest BCUT2D eigenvalue weighted by Gasteiger charge is 2.21. The zero-order chi connectivity index (χ0) is 12.0. The first-order chi connectivity index (χ1) is 7.56. The lowest BCUT2D eigenvalue weighted by atomic mass is 9.90. The van der Waals surface area contributed by atoms with E-state index in [-0.39, 0.29) is 0 Å². The predicted molar refractivity (Wildman–Crippen MR) is 72.5 cm³/mol. The van der Waals surface area contributed by atoms with E-state index in [0.717, 1.165) is 22.9 Å². The Morgan fingerprint density at radius 1 is 1.12 bits per heavy atom. The Morgan fingerprint density at radius 3 is 2.31 bits per heavy atom. The number of unbranched alkanes of at least 4 members (excludes halogenated alkanes) is 3. The summed E-state index contributed by atoms with van der Waals surface area (Å²) in [5.41, 5.74) is 0.321. The summed E-state index contributed by atoms with van der Waals surface area (Å²) in [6, 6.07) is 7.94. The standard InChI is InChI=1S/C14H21BrO/c1-3-4-5-6-11-14(2,16)12-7-9-13(15)10-8-12/h7-10,16H,3-6,11H2,1-2H3. The molecule has 0 fully saturated rings. The van der Waals surface area contributed by atoms with Crippen LogP contribution >= 0.6 is 15.9 Å². The average molecular weight is 285 g/mol. The van der Waals surface area contributed by atoms with Crippen molar-refractivity contribution in [2.75, 3.05) is 0 Å². The lowest BCUT2D eigenvalue weighted by molar-refractivity contribution is 0.0448. The fourth-order valence-corrected chi connectivity index (χ4v) is 2.11. The van der Waals surface area contributed by atoms with Gasteiger partial charge in [0.05, 0.1) is 5.60 Å². The summed E-state index contributed by atoms with van der Waals surface area (Å²) in [7, 11) is 0. The molecule has 0 bridgehead atoms. The topological polar surface area (TPSA) is 20.2 Å². The summed E-state index contributed by atoms with van der Waals surface area (Å²) in [6.07, 6.45) is 5.64. The second kappa shape index (κ2) is 6.41. The maximum absolute atomic E-state index is 10.4. The van der Waals surface area contributed by atoms with Crippen molar-refractivity contribution in [3.05, 3.63) is 34.3 Å². The third-order valence-electron chi connectivity index (χ3n) is 2.98. The first-order valence-electron chi connectivity index (χ1n) is 6.04. The van der Waals surface area contributed by atoms with E-state index < -0.39 is 5.60 Å². The van der Waals surface area contributed by atoms with Gasteiger partial charge in [0.1, 0.15) is 0 Å². The van der Waals surface area contributed by atoms with E-state index in [1.165, 1.54) is 19.3 Å². The first kappa shape index (κ1) is 13.7. The van der Waals surface area contributed by atoms with Crippen molar-refractivity contribution in [1.82, 2.24) is 0 Å². The van der Waals surface area contributed by atoms with Gasteiger partial charge in [-0.25, -0.2) is 0 Å². The van der Waals surface area contributed by atoms with E-state index in [1.54, 1.807) is 0 Å². The number of hydrogen-bond donors (Lipinski definition) is 1. The quantitative estimate of drug-likeness (QED) is 0.756. The Hall–Kier alpha value is -0.340. The van der Waals surface area contributed by atoms with Crippen LogP contribution in [0.15, 0.2) is 28.7 Å². The van der Waals surface area contributed by atoms with Gasteiger partial charge in [-0.15, -0.1) is 0 Å². The van der Waals surface area contributed by atoms with Gasteiger partial charge in [-0.05, 0) is 31.0 Å². The molecule has 0 aliphatic heterocycles. The van der Waals surface area contributed by atoms with Crippen LogP contribution in [0.3, 0.4) is 0 Å². The van der Waals surface area contributed by atoms with Gasteiger partial charge in [-0.1, -0.05) is 60.7 Å². The minimum atomic E-state index is -0.686.